The van der Waals surface area contributed by atoms with E-state index in [4.69, 9.17) is 4.98 Å². The predicted molar refractivity (Wildman–Crippen MR) is 94.0 cm³/mol. The molecule has 0 saturated heterocycles. The summed E-state index contributed by atoms with van der Waals surface area (Å²) in [5.41, 5.74) is 3.77. The summed E-state index contributed by atoms with van der Waals surface area (Å²) >= 11 is 0. The van der Waals surface area contributed by atoms with Gasteiger partial charge in [0.15, 0.2) is 5.82 Å². The minimum Gasteiger partial charge on any atom is -0.283 e. The molecule has 5 nitrogen and oxygen atoms in total. The fourth-order valence-corrected chi connectivity index (χ4v) is 2.49. The molecule has 0 atom stereocenters. The van der Waals surface area contributed by atoms with Crippen molar-refractivity contribution in [2.45, 2.75) is 33.1 Å². The summed E-state index contributed by atoms with van der Waals surface area (Å²) in [6.07, 6.45) is 1.96. The molecule has 0 aliphatic rings. The molecule has 120 valence electrons. The second kappa shape index (κ2) is 5.89. The van der Waals surface area contributed by atoms with Crippen LogP contribution in [0.3, 0.4) is 0 Å². The highest BCUT2D eigenvalue weighted by molar-refractivity contribution is 5.56. The molecule has 3 rings (SSSR count). The first kappa shape index (κ1) is 15.9. The van der Waals surface area contributed by atoms with Crippen molar-refractivity contribution in [3.8, 4) is 6.07 Å². The quantitative estimate of drug-likeness (QED) is 0.607. The van der Waals surface area contributed by atoms with Crippen molar-refractivity contribution in [2.24, 2.45) is 10.2 Å². The standard InChI is InChI=1S/C19H19N5/c1-13-9-10-24-16(11-13)21-17(19(2,3)4)18(24)23-22-15-8-6-5-7-14(15)12-20/h5-11H,1-4H3. The molecule has 24 heavy (non-hydrogen) atoms. The number of hydrogen-bond acceptors (Lipinski definition) is 4. The lowest BCUT2D eigenvalue weighted by molar-refractivity contribution is 0.574. The average Bonchev–Trinajstić information content (AvgIpc) is 2.91. The van der Waals surface area contributed by atoms with E-state index < -0.39 is 0 Å². The molecule has 0 bridgehead atoms. The number of nitrogens with zero attached hydrogens (tertiary/aromatic N) is 5. The minimum atomic E-state index is -0.164. The van der Waals surface area contributed by atoms with E-state index in [9.17, 15) is 5.26 Å². The molecule has 5 heteroatoms. The van der Waals surface area contributed by atoms with Crippen LogP contribution < -0.4 is 0 Å². The lowest BCUT2D eigenvalue weighted by atomic mass is 9.92. The molecule has 0 fully saturated rings. The van der Waals surface area contributed by atoms with Crippen LogP contribution in [0.5, 0.6) is 0 Å². The van der Waals surface area contributed by atoms with Gasteiger partial charge in [0.1, 0.15) is 17.4 Å². The van der Waals surface area contributed by atoms with E-state index in [1.54, 1.807) is 12.1 Å². The Labute approximate surface area is 141 Å². The van der Waals surface area contributed by atoms with Gasteiger partial charge >= 0.3 is 0 Å². The minimum absolute atomic E-state index is 0.164. The third kappa shape index (κ3) is 2.91. The largest absolute Gasteiger partial charge is 0.283 e. The number of aryl methyl sites for hydroxylation is 1. The normalized spacial score (nSPS) is 12.0. The van der Waals surface area contributed by atoms with Crippen molar-refractivity contribution in [1.82, 2.24) is 9.38 Å². The first-order chi connectivity index (χ1) is 11.4. The molecule has 0 saturated carbocycles. The number of nitriles is 1. The Kier molecular flexibility index (Phi) is 3.90. The maximum atomic E-state index is 9.19. The number of pyridine rings is 1. The smallest absolute Gasteiger partial charge is 0.183 e. The molecular weight excluding hydrogens is 298 g/mol. The van der Waals surface area contributed by atoms with Gasteiger partial charge in [-0.25, -0.2) is 4.98 Å². The molecule has 2 heterocycles. The Balaban J connectivity index is 2.18. The Hall–Kier alpha value is -3.00. The molecule has 1 aromatic carbocycles. The molecule has 0 aliphatic carbocycles. The van der Waals surface area contributed by atoms with Gasteiger partial charge in [0.2, 0.25) is 0 Å². The van der Waals surface area contributed by atoms with Crippen LogP contribution in [0.15, 0.2) is 52.8 Å². The van der Waals surface area contributed by atoms with Crippen LogP contribution in [0.25, 0.3) is 5.65 Å². The second-order valence-electron chi connectivity index (χ2n) is 6.80. The van der Waals surface area contributed by atoms with Gasteiger partial charge < -0.3 is 0 Å². The lowest BCUT2D eigenvalue weighted by Crippen LogP contribution is -2.11. The summed E-state index contributed by atoms with van der Waals surface area (Å²) in [5, 5.41) is 17.9. The third-order valence-electron chi connectivity index (χ3n) is 3.74. The van der Waals surface area contributed by atoms with Crippen LogP contribution in [0.2, 0.25) is 0 Å². The van der Waals surface area contributed by atoms with E-state index in [1.807, 2.05) is 41.8 Å². The zero-order valence-corrected chi connectivity index (χ0v) is 14.3. The number of fused-ring (bicyclic) bond motifs is 1. The molecule has 0 aliphatic heterocycles. The summed E-state index contributed by atoms with van der Waals surface area (Å²) in [7, 11) is 0. The number of benzene rings is 1. The van der Waals surface area contributed by atoms with Crippen LogP contribution in [-0.2, 0) is 5.41 Å². The van der Waals surface area contributed by atoms with E-state index in [-0.39, 0.29) is 5.41 Å². The topological polar surface area (TPSA) is 65.8 Å². The van der Waals surface area contributed by atoms with E-state index in [0.717, 1.165) is 16.9 Å². The molecular formula is C19H19N5. The summed E-state index contributed by atoms with van der Waals surface area (Å²) in [4.78, 5) is 4.74. The molecule has 0 N–H and O–H groups in total. The summed E-state index contributed by atoms with van der Waals surface area (Å²) in [5.74, 6) is 0.699. The average molecular weight is 317 g/mol. The van der Waals surface area contributed by atoms with Crippen molar-refractivity contribution < 1.29 is 0 Å². The van der Waals surface area contributed by atoms with E-state index in [2.05, 4.69) is 37.1 Å². The number of imidazole rings is 1. The van der Waals surface area contributed by atoms with Crippen molar-refractivity contribution in [2.75, 3.05) is 0 Å². The van der Waals surface area contributed by atoms with Crippen LogP contribution >= 0.6 is 0 Å². The van der Waals surface area contributed by atoms with Gasteiger partial charge in [-0.05, 0) is 36.8 Å². The van der Waals surface area contributed by atoms with Crippen molar-refractivity contribution in [1.29, 1.82) is 5.26 Å². The monoisotopic (exact) mass is 317 g/mol. The zero-order valence-electron chi connectivity index (χ0n) is 14.3. The zero-order chi connectivity index (χ0) is 17.3. The van der Waals surface area contributed by atoms with Crippen LogP contribution in [-0.4, -0.2) is 9.38 Å². The van der Waals surface area contributed by atoms with Gasteiger partial charge in [-0.2, -0.15) is 5.26 Å². The van der Waals surface area contributed by atoms with E-state index >= 15 is 0 Å². The van der Waals surface area contributed by atoms with Crippen LogP contribution in [0.4, 0.5) is 11.5 Å². The van der Waals surface area contributed by atoms with Gasteiger partial charge in [-0.15, -0.1) is 10.2 Å². The van der Waals surface area contributed by atoms with Gasteiger partial charge in [0.05, 0.1) is 11.3 Å². The van der Waals surface area contributed by atoms with Gasteiger partial charge in [0, 0.05) is 11.6 Å². The van der Waals surface area contributed by atoms with E-state index in [1.165, 1.54) is 0 Å². The van der Waals surface area contributed by atoms with Crippen molar-refractivity contribution in [3.05, 3.63) is 59.4 Å². The molecule has 3 aromatic rings. The van der Waals surface area contributed by atoms with Gasteiger partial charge in [-0.3, -0.25) is 4.40 Å². The first-order valence-electron chi connectivity index (χ1n) is 7.80. The van der Waals surface area contributed by atoms with Gasteiger partial charge in [0.25, 0.3) is 0 Å². The third-order valence-corrected chi connectivity index (χ3v) is 3.74. The highest BCUT2D eigenvalue weighted by Crippen LogP contribution is 2.33. The Morgan fingerprint density at radius 2 is 1.88 bits per heavy atom. The number of azo groups is 1. The van der Waals surface area contributed by atoms with Gasteiger partial charge in [-0.1, -0.05) is 32.9 Å². The first-order valence-corrected chi connectivity index (χ1v) is 7.80. The summed E-state index contributed by atoms with van der Waals surface area (Å²) in [6.45, 7) is 8.34. The highest BCUT2D eigenvalue weighted by Gasteiger charge is 2.24. The SMILES string of the molecule is Cc1ccn2c(N=Nc3ccccc3C#N)c(C(C)(C)C)nc2c1. The van der Waals surface area contributed by atoms with Crippen LogP contribution in [0.1, 0.15) is 37.6 Å². The maximum Gasteiger partial charge on any atom is 0.183 e. The fraction of sp³-hybridized carbons (Fsp3) is 0.263. The predicted octanol–water partition coefficient (Wildman–Crippen LogP) is 5.23. The lowest BCUT2D eigenvalue weighted by Gasteiger charge is -2.15. The Morgan fingerprint density at radius 3 is 2.58 bits per heavy atom. The maximum absolute atomic E-state index is 9.19. The summed E-state index contributed by atoms with van der Waals surface area (Å²) in [6, 6.07) is 13.4. The molecule has 0 radical (unpaired) electrons. The molecule has 0 unspecified atom stereocenters. The highest BCUT2D eigenvalue weighted by atomic mass is 15.2. The van der Waals surface area contributed by atoms with Crippen molar-refractivity contribution in [3.63, 3.8) is 0 Å². The number of hydrogen-bond donors (Lipinski definition) is 0. The molecule has 2 aromatic heterocycles. The van der Waals surface area contributed by atoms with E-state index in [0.29, 0.717) is 17.1 Å². The summed E-state index contributed by atoms with van der Waals surface area (Å²) < 4.78 is 1.94. The number of aromatic nitrogens is 2. The number of rotatable bonds is 2. The Bertz CT molecular complexity index is 968. The fourth-order valence-electron chi connectivity index (χ4n) is 2.49. The molecule has 0 spiro atoms. The van der Waals surface area contributed by atoms with Crippen molar-refractivity contribution >= 4 is 17.2 Å². The van der Waals surface area contributed by atoms with Crippen LogP contribution in [0, 0.1) is 18.3 Å². The molecule has 0 amide bonds. The second-order valence-corrected chi connectivity index (χ2v) is 6.80. The Morgan fingerprint density at radius 1 is 1.12 bits per heavy atom.